The Morgan fingerprint density at radius 1 is 0.418 bits per heavy atom. The molecule has 0 aliphatic carbocycles. The van der Waals surface area contributed by atoms with Gasteiger partial charge < -0.3 is 20.3 Å². The first-order chi connectivity index (χ1) is 33.0. The number of nitrogens with one attached hydrogen (secondary N) is 1. The maximum absolute atomic E-state index is 12.5. The molecule has 0 aromatic heterocycles. The molecule has 2 unspecified atom stereocenters. The number of carbonyl (C=O) groups excluding carboxylic acids is 2. The van der Waals surface area contributed by atoms with Crippen molar-refractivity contribution in [2.24, 2.45) is 0 Å². The standard InChI is InChI=1S/C61H113NO5/c1-3-5-7-9-11-13-15-17-19-22-26-29-33-37-41-45-49-53-59(64)58(57-63)62-60(65)54-50-46-42-38-34-30-27-23-20-21-24-28-32-36-40-44-48-52-56-67-61(66)55-51-47-43-39-35-31-25-18-16-14-12-10-8-6-4-2/h12,14,18,23,25,27,49,53,58-59,63-64H,3-11,13,15-17,19-22,24,26,28-48,50-52,54-57H2,1-2H3,(H,62,65)/b14-12-,25-18-,27-23-,53-49+. The number of hydrogen-bond donors (Lipinski definition) is 3. The molecular weight excluding hydrogens is 827 g/mol. The van der Waals surface area contributed by atoms with Crippen LogP contribution in [0.3, 0.4) is 0 Å². The van der Waals surface area contributed by atoms with Gasteiger partial charge in [-0.3, -0.25) is 9.59 Å². The predicted octanol–water partition coefficient (Wildman–Crippen LogP) is 18.2. The summed E-state index contributed by atoms with van der Waals surface area (Å²) in [5, 5.41) is 23.1. The molecule has 0 spiro atoms. The Labute approximate surface area is 416 Å². The summed E-state index contributed by atoms with van der Waals surface area (Å²) in [4.78, 5) is 24.5. The van der Waals surface area contributed by atoms with Gasteiger partial charge >= 0.3 is 5.97 Å². The van der Waals surface area contributed by atoms with E-state index >= 15 is 0 Å². The number of hydrogen-bond acceptors (Lipinski definition) is 5. The molecule has 392 valence electrons. The van der Waals surface area contributed by atoms with Crippen LogP contribution in [0.5, 0.6) is 0 Å². The number of unbranched alkanes of at least 4 members (excludes halogenated alkanes) is 37. The number of carbonyl (C=O) groups is 2. The lowest BCUT2D eigenvalue weighted by atomic mass is 10.0. The fourth-order valence-corrected chi connectivity index (χ4v) is 8.78. The molecule has 0 saturated heterocycles. The zero-order valence-corrected chi connectivity index (χ0v) is 44.6. The van der Waals surface area contributed by atoms with Crippen LogP contribution in [0.4, 0.5) is 0 Å². The van der Waals surface area contributed by atoms with Crippen molar-refractivity contribution in [3.8, 4) is 0 Å². The van der Waals surface area contributed by atoms with Crippen molar-refractivity contribution in [3.05, 3.63) is 48.6 Å². The summed E-state index contributed by atoms with van der Waals surface area (Å²) in [6.45, 7) is 4.86. The van der Waals surface area contributed by atoms with Gasteiger partial charge in [0.15, 0.2) is 0 Å². The monoisotopic (exact) mass is 940 g/mol. The molecular formula is C61H113NO5. The molecule has 0 radical (unpaired) electrons. The molecule has 0 aromatic carbocycles. The second-order valence-electron chi connectivity index (χ2n) is 20.0. The molecule has 0 aromatic rings. The van der Waals surface area contributed by atoms with Crippen LogP contribution in [0, 0.1) is 0 Å². The maximum atomic E-state index is 12.5. The van der Waals surface area contributed by atoms with Crippen LogP contribution in [0.1, 0.15) is 303 Å². The van der Waals surface area contributed by atoms with Crippen LogP contribution in [-0.2, 0) is 14.3 Å². The molecule has 6 heteroatoms. The van der Waals surface area contributed by atoms with E-state index in [1.165, 1.54) is 205 Å². The Bertz CT molecular complexity index is 1130. The minimum absolute atomic E-state index is 0.0123. The number of aliphatic hydroxyl groups is 2. The summed E-state index contributed by atoms with van der Waals surface area (Å²) in [6, 6.07) is -0.639. The molecule has 2 atom stereocenters. The minimum Gasteiger partial charge on any atom is -0.466 e. The average Bonchev–Trinajstić information content (AvgIpc) is 3.33. The Hall–Kier alpha value is -2.18. The fourth-order valence-electron chi connectivity index (χ4n) is 8.78. The number of esters is 1. The van der Waals surface area contributed by atoms with E-state index in [4.69, 9.17) is 4.74 Å². The van der Waals surface area contributed by atoms with E-state index in [1.807, 2.05) is 6.08 Å². The van der Waals surface area contributed by atoms with Crippen molar-refractivity contribution in [2.45, 2.75) is 315 Å². The number of ether oxygens (including phenoxy) is 1. The average molecular weight is 941 g/mol. The van der Waals surface area contributed by atoms with Gasteiger partial charge in [0.2, 0.25) is 5.91 Å². The highest BCUT2D eigenvalue weighted by Crippen LogP contribution is 2.16. The normalized spacial score (nSPS) is 13.0. The van der Waals surface area contributed by atoms with Crippen molar-refractivity contribution >= 4 is 11.9 Å². The lowest BCUT2D eigenvalue weighted by molar-refractivity contribution is -0.143. The van der Waals surface area contributed by atoms with Gasteiger partial charge in [-0.15, -0.1) is 0 Å². The van der Waals surface area contributed by atoms with Crippen LogP contribution in [0.15, 0.2) is 48.6 Å². The number of rotatable bonds is 54. The van der Waals surface area contributed by atoms with Crippen LogP contribution >= 0.6 is 0 Å². The lowest BCUT2D eigenvalue weighted by Crippen LogP contribution is -2.45. The Morgan fingerprint density at radius 3 is 1.18 bits per heavy atom. The van der Waals surface area contributed by atoms with E-state index in [-0.39, 0.29) is 18.5 Å². The highest BCUT2D eigenvalue weighted by Gasteiger charge is 2.18. The van der Waals surface area contributed by atoms with Gasteiger partial charge in [0.05, 0.1) is 25.4 Å². The zero-order chi connectivity index (χ0) is 48.6. The number of allylic oxidation sites excluding steroid dienone is 7. The third-order valence-electron chi connectivity index (χ3n) is 13.3. The van der Waals surface area contributed by atoms with Crippen LogP contribution < -0.4 is 5.32 Å². The van der Waals surface area contributed by atoms with E-state index in [9.17, 15) is 19.8 Å². The SMILES string of the molecule is CCCCC/C=C\C/C=C\CCCCCCCC(=O)OCCCCCCCCCCC/C=C\CCCCCCCC(=O)NC(CO)C(O)/C=C/CCCCCCCCCCCCCCCCC. The van der Waals surface area contributed by atoms with Crippen LogP contribution in [0.25, 0.3) is 0 Å². The van der Waals surface area contributed by atoms with Gasteiger partial charge in [0.1, 0.15) is 0 Å². The van der Waals surface area contributed by atoms with Crippen molar-refractivity contribution in [2.75, 3.05) is 13.2 Å². The largest absolute Gasteiger partial charge is 0.466 e. The third kappa shape index (κ3) is 53.0. The van der Waals surface area contributed by atoms with Gasteiger partial charge in [-0.2, -0.15) is 0 Å². The van der Waals surface area contributed by atoms with Crippen LogP contribution in [0.2, 0.25) is 0 Å². The van der Waals surface area contributed by atoms with Crippen molar-refractivity contribution in [3.63, 3.8) is 0 Å². The summed E-state index contributed by atoms with van der Waals surface area (Å²) in [5.41, 5.74) is 0. The molecule has 0 heterocycles. The van der Waals surface area contributed by atoms with Gasteiger partial charge in [0, 0.05) is 12.8 Å². The fraction of sp³-hybridized carbons (Fsp3) is 0.836. The first-order valence-electron chi connectivity index (χ1n) is 29.4. The molecule has 0 aliphatic rings. The van der Waals surface area contributed by atoms with Crippen LogP contribution in [-0.4, -0.2) is 47.4 Å². The number of aliphatic hydroxyl groups excluding tert-OH is 2. The summed E-state index contributed by atoms with van der Waals surface area (Å²) in [5.74, 6) is -0.0944. The quantitative estimate of drug-likeness (QED) is 0.0321. The van der Waals surface area contributed by atoms with Gasteiger partial charge in [-0.05, 0) is 89.9 Å². The van der Waals surface area contributed by atoms with Gasteiger partial charge in [-0.1, -0.05) is 249 Å². The molecule has 6 nitrogen and oxygen atoms in total. The number of amides is 1. The third-order valence-corrected chi connectivity index (χ3v) is 13.3. The van der Waals surface area contributed by atoms with Gasteiger partial charge in [0.25, 0.3) is 0 Å². The highest BCUT2D eigenvalue weighted by molar-refractivity contribution is 5.76. The van der Waals surface area contributed by atoms with E-state index in [0.29, 0.717) is 19.4 Å². The van der Waals surface area contributed by atoms with E-state index in [0.717, 1.165) is 70.6 Å². The smallest absolute Gasteiger partial charge is 0.305 e. The predicted molar refractivity (Wildman–Crippen MR) is 292 cm³/mol. The molecule has 0 rings (SSSR count). The summed E-state index contributed by atoms with van der Waals surface area (Å²) >= 11 is 0. The summed E-state index contributed by atoms with van der Waals surface area (Å²) in [7, 11) is 0. The second-order valence-corrected chi connectivity index (χ2v) is 20.0. The zero-order valence-electron chi connectivity index (χ0n) is 44.6. The summed E-state index contributed by atoms with van der Waals surface area (Å²) in [6.07, 6.45) is 71.3. The molecule has 0 saturated carbocycles. The van der Waals surface area contributed by atoms with E-state index < -0.39 is 12.1 Å². The molecule has 67 heavy (non-hydrogen) atoms. The van der Waals surface area contributed by atoms with Gasteiger partial charge in [-0.25, -0.2) is 0 Å². The summed E-state index contributed by atoms with van der Waals surface area (Å²) < 4.78 is 5.47. The van der Waals surface area contributed by atoms with Crippen molar-refractivity contribution in [1.82, 2.24) is 5.32 Å². The molecule has 0 aliphatic heterocycles. The van der Waals surface area contributed by atoms with E-state index in [1.54, 1.807) is 6.08 Å². The minimum atomic E-state index is -0.854. The molecule has 3 N–H and O–H groups in total. The highest BCUT2D eigenvalue weighted by atomic mass is 16.5. The maximum Gasteiger partial charge on any atom is 0.305 e. The Balaban J connectivity index is 3.49. The topological polar surface area (TPSA) is 95.9 Å². The van der Waals surface area contributed by atoms with E-state index in [2.05, 4.69) is 55.6 Å². The first-order valence-corrected chi connectivity index (χ1v) is 29.4. The Morgan fingerprint density at radius 2 is 0.746 bits per heavy atom. The van der Waals surface area contributed by atoms with Crippen molar-refractivity contribution in [1.29, 1.82) is 0 Å². The lowest BCUT2D eigenvalue weighted by Gasteiger charge is -2.20. The molecule has 0 fully saturated rings. The Kier molecular flexibility index (Phi) is 54.6. The molecule has 0 bridgehead atoms. The first kappa shape index (κ1) is 64.8. The molecule has 1 amide bonds. The van der Waals surface area contributed by atoms with Crippen molar-refractivity contribution < 1.29 is 24.5 Å². The second kappa shape index (κ2) is 56.4.